The van der Waals surface area contributed by atoms with Crippen molar-refractivity contribution in [3.05, 3.63) is 31.9 Å². The van der Waals surface area contributed by atoms with Crippen molar-refractivity contribution < 1.29 is 4.90 Å². The number of hydrogen-bond acceptors (Lipinski definition) is 4. The Morgan fingerprint density at radius 3 is 2.54 bits per heavy atom. The van der Waals surface area contributed by atoms with Gasteiger partial charge in [-0.2, -0.15) is 4.98 Å². The van der Waals surface area contributed by atoms with Crippen LogP contribution in [-0.2, 0) is 20.6 Å². The lowest BCUT2D eigenvalue weighted by Crippen LogP contribution is -3.06. The van der Waals surface area contributed by atoms with Crippen molar-refractivity contribution in [1.29, 1.82) is 0 Å². The lowest BCUT2D eigenvalue weighted by atomic mass is 10.4. The smallest absolute Gasteiger partial charge is 0.332 e. The van der Waals surface area contributed by atoms with Crippen LogP contribution in [0.5, 0.6) is 0 Å². The van der Waals surface area contributed by atoms with Crippen LogP contribution >= 0.6 is 11.6 Å². The third-order valence-corrected chi connectivity index (χ3v) is 3.97. The van der Waals surface area contributed by atoms with Crippen LogP contribution in [0.3, 0.4) is 0 Å². The molecule has 8 nitrogen and oxygen atoms in total. The number of aromatic nitrogens is 4. The summed E-state index contributed by atoms with van der Waals surface area (Å²) in [6.07, 6.45) is 1.80. The molecule has 0 unspecified atom stereocenters. The maximum absolute atomic E-state index is 12.6. The maximum atomic E-state index is 12.6. The highest BCUT2D eigenvalue weighted by molar-refractivity contribution is 6.29. The lowest BCUT2D eigenvalue weighted by Gasteiger charge is -2.10. The van der Waals surface area contributed by atoms with Gasteiger partial charge in [-0.1, -0.05) is 17.7 Å². The highest BCUT2D eigenvalue weighted by Crippen LogP contribution is 2.16. The van der Waals surface area contributed by atoms with Crippen LogP contribution in [0.2, 0.25) is 0 Å². The second-order valence-corrected chi connectivity index (χ2v) is 6.69. The predicted octanol–water partition coefficient (Wildman–Crippen LogP) is -0.867. The summed E-state index contributed by atoms with van der Waals surface area (Å²) in [7, 11) is 7.19. The molecule has 2 aromatic heterocycles. The maximum Gasteiger partial charge on any atom is 0.332 e. The number of rotatable bonds is 6. The summed E-state index contributed by atoms with van der Waals surface area (Å²) in [6, 6.07) is 0. The minimum absolute atomic E-state index is 0.364. The quantitative estimate of drug-likeness (QED) is 0.706. The Morgan fingerprint density at radius 1 is 1.29 bits per heavy atom. The summed E-state index contributed by atoms with van der Waals surface area (Å²) < 4.78 is 4.23. The fourth-order valence-corrected chi connectivity index (χ4v) is 2.47. The van der Waals surface area contributed by atoms with Gasteiger partial charge in [0.2, 0.25) is 5.95 Å². The number of nitrogens with one attached hydrogen (secondary N) is 2. The third-order valence-electron chi connectivity index (χ3n) is 3.81. The number of quaternary nitrogens is 1. The van der Waals surface area contributed by atoms with Crippen LogP contribution in [0.25, 0.3) is 11.2 Å². The molecule has 0 aromatic carbocycles. The molecule has 0 saturated heterocycles. The molecule has 0 fully saturated rings. The number of aryl methyl sites for hydroxylation is 1. The predicted molar refractivity (Wildman–Crippen MR) is 96.0 cm³/mol. The van der Waals surface area contributed by atoms with Crippen molar-refractivity contribution in [2.75, 3.05) is 32.5 Å². The molecule has 0 atom stereocenters. The molecule has 0 aliphatic rings. The van der Waals surface area contributed by atoms with Gasteiger partial charge in [-0.15, -0.1) is 0 Å². The Labute approximate surface area is 145 Å². The summed E-state index contributed by atoms with van der Waals surface area (Å²) in [6.45, 7) is 3.77. The van der Waals surface area contributed by atoms with Crippen molar-refractivity contribution in [3.8, 4) is 0 Å². The van der Waals surface area contributed by atoms with Crippen LogP contribution in [0.4, 0.5) is 5.95 Å². The molecular weight excluding hydrogens is 332 g/mol. The Kier molecular flexibility index (Phi) is 5.51. The SMILES string of the molecule is C/C(Cl)=C/Cn1c(NCC[NH+](C)C)nc2c1c(=O)n(C)c(=O)n2C. The van der Waals surface area contributed by atoms with E-state index in [0.717, 1.165) is 11.1 Å². The minimum Gasteiger partial charge on any atom is -0.350 e. The molecule has 2 N–H and O–H groups in total. The van der Waals surface area contributed by atoms with Gasteiger partial charge < -0.3 is 14.8 Å². The van der Waals surface area contributed by atoms with Gasteiger partial charge in [0.25, 0.3) is 5.56 Å². The molecule has 0 spiro atoms. The van der Waals surface area contributed by atoms with Crippen molar-refractivity contribution in [2.45, 2.75) is 13.5 Å². The lowest BCUT2D eigenvalue weighted by molar-refractivity contribution is -0.856. The summed E-state index contributed by atoms with van der Waals surface area (Å²) in [5, 5.41) is 3.87. The van der Waals surface area contributed by atoms with Gasteiger partial charge in [0.05, 0.1) is 27.2 Å². The second kappa shape index (κ2) is 7.23. The number of allylic oxidation sites excluding steroid dienone is 2. The molecular formula is C15H24ClN6O2+. The second-order valence-electron chi connectivity index (χ2n) is 6.10. The molecule has 0 aliphatic carbocycles. The Morgan fingerprint density at radius 2 is 1.96 bits per heavy atom. The van der Waals surface area contributed by atoms with E-state index in [-0.39, 0.29) is 5.56 Å². The molecule has 0 radical (unpaired) electrons. The van der Waals surface area contributed by atoms with Gasteiger partial charge in [-0.25, -0.2) is 4.79 Å². The summed E-state index contributed by atoms with van der Waals surface area (Å²) >= 11 is 5.94. The zero-order valence-electron chi connectivity index (χ0n) is 14.7. The van der Waals surface area contributed by atoms with Gasteiger partial charge in [0.1, 0.15) is 0 Å². The summed E-state index contributed by atoms with van der Waals surface area (Å²) in [4.78, 5) is 30.4. The van der Waals surface area contributed by atoms with Crippen LogP contribution in [-0.4, -0.2) is 45.9 Å². The monoisotopic (exact) mass is 355 g/mol. The first-order chi connectivity index (χ1) is 11.2. The zero-order valence-corrected chi connectivity index (χ0v) is 15.4. The number of nitrogens with zero attached hydrogens (tertiary/aromatic N) is 4. The van der Waals surface area contributed by atoms with Crippen molar-refractivity contribution in [1.82, 2.24) is 18.7 Å². The highest BCUT2D eigenvalue weighted by Gasteiger charge is 2.18. The molecule has 2 rings (SSSR count). The molecule has 132 valence electrons. The first-order valence-electron chi connectivity index (χ1n) is 7.75. The average Bonchev–Trinajstić information content (AvgIpc) is 2.87. The molecule has 0 saturated carbocycles. The highest BCUT2D eigenvalue weighted by atomic mass is 35.5. The van der Waals surface area contributed by atoms with Crippen LogP contribution in [0.15, 0.2) is 20.7 Å². The van der Waals surface area contributed by atoms with E-state index in [1.165, 1.54) is 16.5 Å². The van der Waals surface area contributed by atoms with Gasteiger partial charge in [-0.05, 0) is 6.92 Å². The summed E-state index contributed by atoms with van der Waals surface area (Å²) in [5.41, 5.74) is -0.0186. The molecule has 0 aliphatic heterocycles. The third kappa shape index (κ3) is 3.54. The Hall–Kier alpha value is -2.06. The van der Waals surface area contributed by atoms with Crippen LogP contribution in [0, 0.1) is 0 Å². The molecule has 0 amide bonds. The molecule has 9 heteroatoms. The number of halogens is 1. The van der Waals surface area contributed by atoms with Gasteiger partial charge in [0.15, 0.2) is 11.2 Å². The molecule has 0 bridgehead atoms. The largest absolute Gasteiger partial charge is 0.350 e. The number of imidazole rings is 1. The first-order valence-corrected chi connectivity index (χ1v) is 8.13. The van der Waals surface area contributed by atoms with Gasteiger partial charge in [-0.3, -0.25) is 13.9 Å². The van der Waals surface area contributed by atoms with E-state index >= 15 is 0 Å². The van der Waals surface area contributed by atoms with Gasteiger partial charge in [0, 0.05) is 25.7 Å². The summed E-state index contributed by atoms with van der Waals surface area (Å²) in [5.74, 6) is 0.554. The molecule has 2 aromatic rings. The van der Waals surface area contributed by atoms with E-state index in [9.17, 15) is 9.59 Å². The van der Waals surface area contributed by atoms with Crippen molar-refractivity contribution in [2.24, 2.45) is 14.1 Å². The van der Waals surface area contributed by atoms with Crippen LogP contribution < -0.4 is 21.5 Å². The van der Waals surface area contributed by atoms with Crippen molar-refractivity contribution >= 4 is 28.7 Å². The van der Waals surface area contributed by atoms with Crippen molar-refractivity contribution in [3.63, 3.8) is 0 Å². The Bertz CT molecular complexity index is 886. The van der Waals surface area contributed by atoms with E-state index < -0.39 is 5.69 Å². The number of hydrogen-bond donors (Lipinski definition) is 2. The topological polar surface area (TPSA) is 78.3 Å². The fourth-order valence-electron chi connectivity index (χ4n) is 2.40. The van der Waals surface area contributed by atoms with E-state index in [0.29, 0.717) is 35.2 Å². The normalized spacial score (nSPS) is 12.4. The van der Waals surface area contributed by atoms with E-state index in [2.05, 4.69) is 24.4 Å². The Balaban J connectivity index is 2.63. The first kappa shape index (κ1) is 18.3. The molecule has 2 heterocycles. The number of likely N-dealkylation sites (N-methyl/N-ethyl adjacent to an activating group) is 1. The number of fused-ring (bicyclic) bond motifs is 1. The average molecular weight is 356 g/mol. The number of anilines is 1. The van der Waals surface area contributed by atoms with E-state index in [1.54, 1.807) is 24.6 Å². The van der Waals surface area contributed by atoms with Crippen LogP contribution in [0.1, 0.15) is 6.92 Å². The molecule has 24 heavy (non-hydrogen) atoms. The standard InChI is InChI=1S/C15H23ClN6O2/c1-10(16)6-8-22-11-12(18-14(22)17-7-9-19(2)3)20(4)15(24)21(5)13(11)23/h6H,7-9H2,1-5H3,(H,17,18)/p+1/b10-6-. The van der Waals surface area contributed by atoms with E-state index in [1.807, 2.05) is 0 Å². The van der Waals surface area contributed by atoms with Gasteiger partial charge >= 0.3 is 5.69 Å². The van der Waals surface area contributed by atoms with E-state index in [4.69, 9.17) is 11.6 Å². The minimum atomic E-state index is -0.398. The zero-order chi connectivity index (χ0) is 18.0. The fraction of sp³-hybridized carbons (Fsp3) is 0.533.